The molecule has 0 aromatic carbocycles. The van der Waals surface area contributed by atoms with Crippen LogP contribution in [0.25, 0.3) is 0 Å². The predicted molar refractivity (Wildman–Crippen MR) is 74.3 cm³/mol. The first-order valence-corrected chi connectivity index (χ1v) is 7.31. The van der Waals surface area contributed by atoms with Gasteiger partial charge >= 0.3 is 0 Å². The number of nitrogens with zero attached hydrogens (tertiary/aromatic N) is 2. The molecule has 0 radical (unpaired) electrons. The summed E-state index contributed by atoms with van der Waals surface area (Å²) in [4.78, 5) is 8.59. The minimum absolute atomic E-state index is 0.653. The van der Waals surface area contributed by atoms with Crippen molar-refractivity contribution in [3.8, 4) is 0 Å². The SMILES string of the molecule is CCC(NCc1ccnc(C)n1)C1CCCCC1. The molecule has 1 aliphatic carbocycles. The molecule has 0 aliphatic heterocycles. The summed E-state index contributed by atoms with van der Waals surface area (Å²) in [7, 11) is 0. The molecule has 0 bridgehead atoms. The predicted octanol–water partition coefficient (Wildman–Crippen LogP) is 3.23. The van der Waals surface area contributed by atoms with Crippen molar-refractivity contribution in [1.29, 1.82) is 0 Å². The Balaban J connectivity index is 1.86. The van der Waals surface area contributed by atoms with Crippen LogP contribution in [0.15, 0.2) is 12.3 Å². The lowest BCUT2D eigenvalue weighted by Crippen LogP contribution is -2.36. The molecule has 1 aliphatic rings. The van der Waals surface area contributed by atoms with Crippen molar-refractivity contribution in [3.63, 3.8) is 0 Å². The van der Waals surface area contributed by atoms with Crippen LogP contribution in [0.3, 0.4) is 0 Å². The van der Waals surface area contributed by atoms with Gasteiger partial charge in [0.25, 0.3) is 0 Å². The van der Waals surface area contributed by atoms with Crippen molar-refractivity contribution >= 4 is 0 Å². The van der Waals surface area contributed by atoms with Crippen molar-refractivity contribution in [2.24, 2.45) is 5.92 Å². The van der Waals surface area contributed by atoms with Crippen LogP contribution in [0.5, 0.6) is 0 Å². The van der Waals surface area contributed by atoms with Crippen LogP contribution in [0.1, 0.15) is 57.0 Å². The van der Waals surface area contributed by atoms with Gasteiger partial charge in [-0.1, -0.05) is 26.2 Å². The molecule has 1 N–H and O–H groups in total. The van der Waals surface area contributed by atoms with Crippen LogP contribution in [0.4, 0.5) is 0 Å². The number of hydrogen-bond donors (Lipinski definition) is 1. The fourth-order valence-electron chi connectivity index (χ4n) is 3.02. The molecule has 3 nitrogen and oxygen atoms in total. The van der Waals surface area contributed by atoms with Gasteiger partial charge in [0.05, 0.1) is 5.69 Å². The molecule has 3 heteroatoms. The first kappa shape index (κ1) is 13.5. The standard InChI is InChI=1S/C15H25N3/c1-3-15(13-7-5-4-6-8-13)17-11-14-9-10-16-12(2)18-14/h9-10,13,15,17H,3-8,11H2,1-2H3. The van der Waals surface area contributed by atoms with E-state index in [4.69, 9.17) is 0 Å². The van der Waals surface area contributed by atoms with Gasteiger partial charge in [-0.2, -0.15) is 0 Å². The minimum atomic E-state index is 0.653. The lowest BCUT2D eigenvalue weighted by atomic mass is 9.83. The molecule has 1 aromatic rings. The van der Waals surface area contributed by atoms with Crippen molar-refractivity contribution in [1.82, 2.24) is 15.3 Å². The summed E-state index contributed by atoms with van der Waals surface area (Å²) >= 11 is 0. The molecule has 18 heavy (non-hydrogen) atoms. The average Bonchev–Trinajstić information content (AvgIpc) is 2.41. The summed E-state index contributed by atoms with van der Waals surface area (Å²) in [5.41, 5.74) is 1.11. The normalized spacial score (nSPS) is 18.8. The topological polar surface area (TPSA) is 37.8 Å². The van der Waals surface area contributed by atoms with Gasteiger partial charge in [-0.25, -0.2) is 9.97 Å². The lowest BCUT2D eigenvalue weighted by Gasteiger charge is -2.30. The maximum atomic E-state index is 4.45. The fourth-order valence-corrected chi connectivity index (χ4v) is 3.02. The average molecular weight is 247 g/mol. The van der Waals surface area contributed by atoms with Crippen molar-refractivity contribution < 1.29 is 0 Å². The first-order valence-electron chi connectivity index (χ1n) is 7.31. The summed E-state index contributed by atoms with van der Waals surface area (Å²) < 4.78 is 0. The monoisotopic (exact) mass is 247 g/mol. The second-order valence-corrected chi connectivity index (χ2v) is 5.39. The van der Waals surface area contributed by atoms with Crippen LogP contribution in [-0.2, 0) is 6.54 Å². The van der Waals surface area contributed by atoms with E-state index in [0.717, 1.165) is 24.0 Å². The van der Waals surface area contributed by atoms with Gasteiger partial charge in [-0.05, 0) is 38.2 Å². The third-order valence-corrected chi connectivity index (χ3v) is 4.04. The number of aromatic nitrogens is 2. The highest BCUT2D eigenvalue weighted by Gasteiger charge is 2.21. The fraction of sp³-hybridized carbons (Fsp3) is 0.733. The molecular formula is C15H25N3. The molecule has 0 spiro atoms. The van der Waals surface area contributed by atoms with Crippen molar-refractivity contribution in [3.05, 3.63) is 23.8 Å². The molecule has 1 saturated carbocycles. The second kappa shape index (κ2) is 6.83. The molecule has 100 valence electrons. The van der Waals surface area contributed by atoms with Crippen molar-refractivity contribution in [2.75, 3.05) is 0 Å². The van der Waals surface area contributed by atoms with E-state index in [2.05, 4.69) is 22.2 Å². The molecule has 0 saturated heterocycles. The van der Waals surface area contributed by atoms with Crippen molar-refractivity contribution in [2.45, 2.75) is 65.0 Å². The summed E-state index contributed by atoms with van der Waals surface area (Å²) in [5, 5.41) is 3.69. The Morgan fingerprint density at radius 2 is 2.11 bits per heavy atom. The molecule has 0 amide bonds. The summed E-state index contributed by atoms with van der Waals surface area (Å²) in [5.74, 6) is 1.73. The highest BCUT2D eigenvalue weighted by Crippen LogP contribution is 2.27. The van der Waals surface area contributed by atoms with E-state index in [0.29, 0.717) is 6.04 Å². The van der Waals surface area contributed by atoms with Crippen LogP contribution in [0.2, 0.25) is 0 Å². The Morgan fingerprint density at radius 1 is 1.33 bits per heavy atom. The van der Waals surface area contributed by atoms with E-state index in [-0.39, 0.29) is 0 Å². The maximum Gasteiger partial charge on any atom is 0.125 e. The summed E-state index contributed by atoms with van der Waals surface area (Å²) in [6.07, 6.45) is 10.1. The van der Waals surface area contributed by atoms with Gasteiger partial charge < -0.3 is 5.32 Å². The highest BCUT2D eigenvalue weighted by atomic mass is 15.0. The first-order chi connectivity index (χ1) is 8.79. The van der Waals surface area contributed by atoms with E-state index in [1.807, 2.05) is 19.2 Å². The summed E-state index contributed by atoms with van der Waals surface area (Å²) in [6.45, 7) is 5.11. The third kappa shape index (κ3) is 3.77. The molecule has 1 fully saturated rings. The van der Waals surface area contributed by atoms with Gasteiger partial charge in [0.2, 0.25) is 0 Å². The zero-order valence-electron chi connectivity index (χ0n) is 11.7. The van der Waals surface area contributed by atoms with Gasteiger partial charge in [-0.3, -0.25) is 0 Å². The summed E-state index contributed by atoms with van der Waals surface area (Å²) in [6, 6.07) is 2.66. The Kier molecular flexibility index (Phi) is 5.12. The molecule has 1 atom stereocenters. The van der Waals surface area contributed by atoms with Gasteiger partial charge in [0, 0.05) is 18.8 Å². The zero-order valence-corrected chi connectivity index (χ0v) is 11.7. The highest BCUT2D eigenvalue weighted by molar-refractivity contribution is 5.01. The Labute approximate surface area is 110 Å². The van der Waals surface area contributed by atoms with Gasteiger partial charge in [0.1, 0.15) is 5.82 Å². The Hall–Kier alpha value is -0.960. The van der Waals surface area contributed by atoms with Crippen LogP contribution in [-0.4, -0.2) is 16.0 Å². The second-order valence-electron chi connectivity index (χ2n) is 5.39. The molecule has 1 heterocycles. The van der Waals surface area contributed by atoms with Crippen LogP contribution >= 0.6 is 0 Å². The van der Waals surface area contributed by atoms with E-state index in [1.165, 1.54) is 38.5 Å². The van der Waals surface area contributed by atoms with Crippen LogP contribution in [0, 0.1) is 12.8 Å². The van der Waals surface area contributed by atoms with E-state index < -0.39 is 0 Å². The number of nitrogens with one attached hydrogen (secondary N) is 1. The van der Waals surface area contributed by atoms with Gasteiger partial charge in [0.15, 0.2) is 0 Å². The van der Waals surface area contributed by atoms with E-state index in [9.17, 15) is 0 Å². The Morgan fingerprint density at radius 3 is 2.78 bits per heavy atom. The molecule has 1 aromatic heterocycles. The largest absolute Gasteiger partial charge is 0.308 e. The Bertz CT molecular complexity index is 359. The lowest BCUT2D eigenvalue weighted by molar-refractivity contribution is 0.261. The molecule has 2 rings (SSSR count). The number of hydrogen-bond acceptors (Lipinski definition) is 3. The molecular weight excluding hydrogens is 222 g/mol. The quantitative estimate of drug-likeness (QED) is 0.868. The van der Waals surface area contributed by atoms with Gasteiger partial charge in [-0.15, -0.1) is 0 Å². The number of rotatable bonds is 5. The maximum absolute atomic E-state index is 4.45. The smallest absolute Gasteiger partial charge is 0.125 e. The van der Waals surface area contributed by atoms with E-state index >= 15 is 0 Å². The number of aryl methyl sites for hydroxylation is 1. The molecule has 1 unspecified atom stereocenters. The van der Waals surface area contributed by atoms with Crippen LogP contribution < -0.4 is 5.32 Å². The zero-order chi connectivity index (χ0) is 12.8. The minimum Gasteiger partial charge on any atom is -0.308 e. The third-order valence-electron chi connectivity index (χ3n) is 4.04. The van der Waals surface area contributed by atoms with E-state index in [1.54, 1.807) is 0 Å².